The van der Waals surface area contributed by atoms with Crippen LogP contribution in [0.1, 0.15) is 30.5 Å². The summed E-state index contributed by atoms with van der Waals surface area (Å²) < 4.78 is 34.6. The first-order valence-electron chi connectivity index (χ1n) is 15.8. The molecule has 2 aromatic carbocycles. The lowest BCUT2D eigenvalue weighted by Gasteiger charge is -2.66. The molecule has 1 aromatic heterocycles. The molecule has 4 fully saturated rings. The second kappa shape index (κ2) is 12.0. The van der Waals surface area contributed by atoms with E-state index in [4.69, 9.17) is 32.9 Å². The number of piperazine rings is 1. The van der Waals surface area contributed by atoms with Crippen LogP contribution in [0.25, 0.3) is 15.6 Å². The van der Waals surface area contributed by atoms with Crippen molar-refractivity contribution in [3.63, 3.8) is 0 Å². The molecule has 1 amide bonds. The van der Waals surface area contributed by atoms with Crippen molar-refractivity contribution < 1.29 is 18.3 Å². The zero-order valence-corrected chi connectivity index (χ0v) is 26.6. The average Bonchev–Trinajstić information content (AvgIpc) is 3.00. The van der Waals surface area contributed by atoms with E-state index in [-0.39, 0.29) is 24.1 Å². The predicted octanol–water partition coefficient (Wildman–Crippen LogP) is 5.27. The standard InChI is InChI=1S/C34H36ClF2N7O2/c1-21(36)32(45)44-12-11-43(19-24(44)18-38-2)31-25-9-10-42(28-6-4-5-23-7-8-26(37)30(35)29(23)28)20-27(25)39-33(40-31)46-14-13-41(3)34-15-22(16-34)17-34/h4-8,22,24H,1,9-20H2,3H3/t22?,24-,34?/m0/s1. The fraction of sp³-hybridized carbons (Fsp3) is 0.471. The number of nitrogens with zero attached hydrogens (tertiary/aromatic N) is 7. The third-order valence-electron chi connectivity index (χ3n) is 10.3. The molecule has 3 saturated carbocycles. The summed E-state index contributed by atoms with van der Waals surface area (Å²) in [4.78, 5) is 33.8. The molecule has 240 valence electrons. The molecule has 3 aromatic rings. The minimum Gasteiger partial charge on any atom is -0.462 e. The number of benzene rings is 2. The van der Waals surface area contributed by atoms with Crippen molar-refractivity contribution in [2.45, 2.75) is 43.8 Å². The van der Waals surface area contributed by atoms with Crippen LogP contribution in [0.2, 0.25) is 5.02 Å². The van der Waals surface area contributed by atoms with Crippen LogP contribution in [0.5, 0.6) is 6.01 Å². The molecule has 1 saturated heterocycles. The van der Waals surface area contributed by atoms with Gasteiger partial charge in [-0.15, -0.1) is 0 Å². The van der Waals surface area contributed by atoms with Crippen LogP contribution in [0.3, 0.4) is 0 Å². The molecule has 0 radical (unpaired) electrons. The van der Waals surface area contributed by atoms with Gasteiger partial charge in [0.15, 0.2) is 5.83 Å². The molecular weight excluding hydrogens is 612 g/mol. The molecule has 3 heterocycles. The van der Waals surface area contributed by atoms with Crippen LogP contribution >= 0.6 is 11.6 Å². The Balaban J connectivity index is 1.19. The Kier molecular flexibility index (Phi) is 7.97. The number of fused-ring (bicyclic) bond motifs is 2. The first-order valence-corrected chi connectivity index (χ1v) is 16.1. The largest absolute Gasteiger partial charge is 0.462 e. The van der Waals surface area contributed by atoms with E-state index in [1.165, 1.54) is 30.2 Å². The Hall–Kier alpha value is -4.01. The number of aromatic nitrogens is 2. The first kappa shape index (κ1) is 30.6. The highest BCUT2D eigenvalue weighted by Gasteiger charge is 2.58. The van der Waals surface area contributed by atoms with Gasteiger partial charge in [0.25, 0.3) is 5.91 Å². The number of rotatable bonds is 9. The summed E-state index contributed by atoms with van der Waals surface area (Å²) in [6.07, 6.45) is 4.39. The minimum absolute atomic E-state index is 0.0350. The van der Waals surface area contributed by atoms with Crippen molar-refractivity contribution in [2.24, 2.45) is 5.92 Å². The van der Waals surface area contributed by atoms with Gasteiger partial charge in [0.05, 0.1) is 17.3 Å². The van der Waals surface area contributed by atoms with Crippen molar-refractivity contribution in [2.75, 3.05) is 62.7 Å². The van der Waals surface area contributed by atoms with E-state index in [9.17, 15) is 13.6 Å². The predicted molar refractivity (Wildman–Crippen MR) is 173 cm³/mol. The molecule has 8 rings (SSSR count). The third-order valence-corrected chi connectivity index (χ3v) is 10.7. The van der Waals surface area contributed by atoms with E-state index < -0.39 is 23.6 Å². The summed E-state index contributed by atoms with van der Waals surface area (Å²) in [5.74, 6) is -0.690. The van der Waals surface area contributed by atoms with Gasteiger partial charge in [0.1, 0.15) is 24.3 Å². The summed E-state index contributed by atoms with van der Waals surface area (Å²) in [5, 5.41) is 1.60. The van der Waals surface area contributed by atoms with Gasteiger partial charge in [-0.25, -0.2) is 15.4 Å². The molecule has 9 nitrogen and oxygen atoms in total. The lowest BCUT2D eigenvalue weighted by molar-refractivity contribution is -0.135. The molecule has 0 N–H and O–H groups in total. The number of carbonyl (C=O) groups is 1. The fourth-order valence-corrected chi connectivity index (χ4v) is 7.89. The van der Waals surface area contributed by atoms with E-state index >= 15 is 0 Å². The van der Waals surface area contributed by atoms with Gasteiger partial charge >= 0.3 is 6.01 Å². The lowest BCUT2D eigenvalue weighted by Crippen LogP contribution is -2.67. The summed E-state index contributed by atoms with van der Waals surface area (Å²) in [6, 6.07) is 8.66. The van der Waals surface area contributed by atoms with Crippen LogP contribution in [0, 0.1) is 18.3 Å². The van der Waals surface area contributed by atoms with Crippen LogP contribution in [-0.2, 0) is 17.8 Å². The number of anilines is 2. The van der Waals surface area contributed by atoms with Gasteiger partial charge in [-0.3, -0.25) is 9.69 Å². The molecule has 3 aliphatic carbocycles. The van der Waals surface area contributed by atoms with E-state index in [0.29, 0.717) is 55.9 Å². The quantitative estimate of drug-likeness (QED) is 0.232. The van der Waals surface area contributed by atoms with Crippen LogP contribution < -0.4 is 14.5 Å². The number of halogens is 3. The second-order valence-corrected chi connectivity index (χ2v) is 13.4. The normalized spacial score (nSPS) is 23.4. The Labute approximate surface area is 272 Å². The van der Waals surface area contributed by atoms with Crippen molar-refractivity contribution in [3.8, 4) is 6.01 Å². The Morgan fingerprint density at radius 1 is 1.20 bits per heavy atom. The fourth-order valence-electron chi connectivity index (χ4n) is 7.62. The number of hydrogen-bond donors (Lipinski definition) is 0. The molecular formula is C34H36ClF2N7O2. The average molecular weight is 648 g/mol. The van der Waals surface area contributed by atoms with Gasteiger partial charge in [0, 0.05) is 54.9 Å². The van der Waals surface area contributed by atoms with Crippen molar-refractivity contribution >= 4 is 39.8 Å². The van der Waals surface area contributed by atoms with E-state index in [2.05, 4.69) is 33.2 Å². The highest BCUT2D eigenvalue weighted by atomic mass is 35.5. The maximum Gasteiger partial charge on any atom is 0.318 e. The maximum absolute atomic E-state index is 14.6. The number of amides is 1. The zero-order valence-electron chi connectivity index (χ0n) is 25.8. The molecule has 2 bridgehead atoms. The first-order chi connectivity index (χ1) is 22.2. The highest BCUT2D eigenvalue weighted by molar-refractivity contribution is 6.36. The molecule has 0 unspecified atom stereocenters. The Morgan fingerprint density at radius 3 is 2.72 bits per heavy atom. The number of hydrogen-bond acceptors (Lipinski definition) is 7. The zero-order chi connectivity index (χ0) is 32.2. The SMILES string of the molecule is [C-]#[N+]C[C@H]1CN(c2nc(OCCN(C)C34CC(C3)C4)nc3c2CCN(c2cccc4ccc(F)c(Cl)c24)C3)CCN1C(=O)C(=C)F. The van der Waals surface area contributed by atoms with Crippen LogP contribution in [-0.4, -0.2) is 90.2 Å². The van der Waals surface area contributed by atoms with E-state index in [0.717, 1.165) is 34.8 Å². The minimum atomic E-state index is -1.03. The summed E-state index contributed by atoms with van der Waals surface area (Å²) in [6.45, 7) is 13.9. The number of carbonyl (C=O) groups excluding carboxylic acids is 1. The molecule has 12 heteroatoms. The lowest BCUT2D eigenvalue weighted by atomic mass is 9.49. The van der Waals surface area contributed by atoms with Crippen molar-refractivity contribution in [3.05, 3.63) is 76.3 Å². The second-order valence-electron chi connectivity index (χ2n) is 13.0. The van der Waals surface area contributed by atoms with Crippen LogP contribution in [0.4, 0.5) is 20.3 Å². The Morgan fingerprint density at radius 2 is 2.00 bits per heavy atom. The van der Waals surface area contributed by atoms with Gasteiger partial charge in [-0.05, 0) is 56.2 Å². The number of likely N-dealkylation sites (N-methyl/N-ethyl adjacent to an activating group) is 1. The molecule has 5 aliphatic rings. The van der Waals surface area contributed by atoms with Gasteiger partial charge in [0.2, 0.25) is 6.54 Å². The molecule has 1 atom stereocenters. The van der Waals surface area contributed by atoms with E-state index in [1.807, 2.05) is 18.2 Å². The van der Waals surface area contributed by atoms with Crippen molar-refractivity contribution in [1.29, 1.82) is 0 Å². The topological polar surface area (TPSA) is 69.4 Å². The van der Waals surface area contributed by atoms with Gasteiger partial charge in [-0.1, -0.05) is 36.4 Å². The van der Waals surface area contributed by atoms with Crippen LogP contribution in [0.15, 0.2) is 42.7 Å². The summed E-state index contributed by atoms with van der Waals surface area (Å²) in [7, 11) is 2.15. The Bertz CT molecular complexity index is 1750. The molecule has 46 heavy (non-hydrogen) atoms. The maximum atomic E-state index is 14.6. The smallest absolute Gasteiger partial charge is 0.318 e. The summed E-state index contributed by atoms with van der Waals surface area (Å²) in [5.41, 5.74) is 2.91. The van der Waals surface area contributed by atoms with Gasteiger partial charge in [-0.2, -0.15) is 9.97 Å². The highest BCUT2D eigenvalue weighted by Crippen LogP contribution is 2.60. The third kappa shape index (κ3) is 5.31. The monoisotopic (exact) mass is 647 g/mol. The number of ether oxygens (including phenoxy) is 1. The molecule has 2 aliphatic heterocycles. The summed E-state index contributed by atoms with van der Waals surface area (Å²) >= 11 is 6.49. The van der Waals surface area contributed by atoms with Crippen molar-refractivity contribution in [1.82, 2.24) is 19.8 Å². The van der Waals surface area contributed by atoms with E-state index in [1.54, 1.807) is 6.07 Å². The molecule has 0 spiro atoms. The van der Waals surface area contributed by atoms with Gasteiger partial charge < -0.3 is 24.3 Å².